The molecule has 7 heteroatoms. The number of hydrogen-bond donors (Lipinski definition) is 2. The van der Waals surface area contributed by atoms with Crippen LogP contribution in [0.3, 0.4) is 0 Å². The standard InChI is InChI=1S/C16H19N3O3S/c1-22-14-7-5-13(6-8-14)19-16(17)18-11-12-3-9-15(10-4-12)23(2,20)21/h3-10H,11H2,1-2H3,(H3,17,18,19). The smallest absolute Gasteiger partial charge is 0.193 e. The van der Waals surface area contributed by atoms with Crippen LogP contribution in [0.2, 0.25) is 0 Å². The fourth-order valence-electron chi connectivity index (χ4n) is 1.88. The van der Waals surface area contributed by atoms with Crippen molar-refractivity contribution in [2.75, 3.05) is 18.7 Å². The van der Waals surface area contributed by atoms with Crippen LogP contribution in [0, 0.1) is 0 Å². The van der Waals surface area contributed by atoms with E-state index in [1.807, 2.05) is 24.3 Å². The molecule has 0 saturated heterocycles. The van der Waals surface area contributed by atoms with E-state index in [0.717, 1.165) is 17.0 Å². The summed E-state index contributed by atoms with van der Waals surface area (Å²) in [6.45, 7) is 0.360. The Kier molecular flexibility index (Phi) is 5.23. The molecule has 0 radical (unpaired) electrons. The van der Waals surface area contributed by atoms with Gasteiger partial charge in [-0.1, -0.05) is 12.1 Å². The molecule has 0 heterocycles. The Hall–Kier alpha value is -2.54. The summed E-state index contributed by atoms with van der Waals surface area (Å²) in [5.41, 5.74) is 7.51. The van der Waals surface area contributed by atoms with Gasteiger partial charge in [0.25, 0.3) is 0 Å². The number of anilines is 1. The Balaban J connectivity index is 1.98. The number of aliphatic imine (C=N–C) groups is 1. The van der Waals surface area contributed by atoms with E-state index in [1.165, 1.54) is 6.26 Å². The highest BCUT2D eigenvalue weighted by molar-refractivity contribution is 7.90. The lowest BCUT2D eigenvalue weighted by Gasteiger charge is -2.07. The Morgan fingerprint density at radius 2 is 1.74 bits per heavy atom. The zero-order valence-electron chi connectivity index (χ0n) is 13.0. The first-order chi connectivity index (χ1) is 10.9. The van der Waals surface area contributed by atoms with Gasteiger partial charge >= 0.3 is 0 Å². The summed E-state index contributed by atoms with van der Waals surface area (Å²) in [4.78, 5) is 4.51. The minimum absolute atomic E-state index is 0.280. The molecular formula is C16H19N3O3S. The Labute approximate surface area is 135 Å². The van der Waals surface area contributed by atoms with Gasteiger partial charge in [-0.2, -0.15) is 0 Å². The summed E-state index contributed by atoms with van der Waals surface area (Å²) in [6, 6.07) is 13.9. The number of sulfone groups is 1. The predicted octanol–water partition coefficient (Wildman–Crippen LogP) is 2.03. The zero-order valence-corrected chi connectivity index (χ0v) is 13.8. The average Bonchev–Trinajstić information content (AvgIpc) is 2.53. The molecule has 6 nitrogen and oxygen atoms in total. The number of rotatable bonds is 5. The third-order valence-electron chi connectivity index (χ3n) is 3.15. The molecule has 2 aromatic carbocycles. The van der Waals surface area contributed by atoms with Crippen LogP contribution in [0.1, 0.15) is 5.56 Å². The van der Waals surface area contributed by atoms with Crippen LogP contribution in [0.4, 0.5) is 5.69 Å². The van der Waals surface area contributed by atoms with Crippen molar-refractivity contribution in [2.24, 2.45) is 10.7 Å². The van der Waals surface area contributed by atoms with Crippen molar-refractivity contribution in [3.63, 3.8) is 0 Å². The molecule has 0 bridgehead atoms. The Morgan fingerprint density at radius 3 is 2.26 bits per heavy atom. The summed E-state index contributed by atoms with van der Waals surface area (Å²) in [5, 5.41) is 2.98. The monoisotopic (exact) mass is 333 g/mol. The van der Waals surface area contributed by atoms with Crippen LogP contribution in [-0.2, 0) is 16.4 Å². The molecule has 0 fully saturated rings. The van der Waals surface area contributed by atoms with Gasteiger partial charge in [0.15, 0.2) is 15.8 Å². The summed E-state index contributed by atoms with van der Waals surface area (Å²) >= 11 is 0. The van der Waals surface area contributed by atoms with Crippen molar-refractivity contribution in [1.29, 1.82) is 0 Å². The highest BCUT2D eigenvalue weighted by Gasteiger charge is 2.05. The average molecular weight is 333 g/mol. The molecule has 2 rings (SSSR count). The summed E-state index contributed by atoms with van der Waals surface area (Å²) in [7, 11) is -1.58. The van der Waals surface area contributed by atoms with Crippen molar-refractivity contribution in [3.05, 3.63) is 54.1 Å². The van der Waals surface area contributed by atoms with Crippen molar-refractivity contribution >= 4 is 21.5 Å². The Morgan fingerprint density at radius 1 is 1.13 bits per heavy atom. The third-order valence-corrected chi connectivity index (χ3v) is 4.27. The molecule has 0 aromatic heterocycles. The predicted molar refractivity (Wildman–Crippen MR) is 91.5 cm³/mol. The topological polar surface area (TPSA) is 93.8 Å². The lowest BCUT2D eigenvalue weighted by molar-refractivity contribution is 0.415. The quantitative estimate of drug-likeness (QED) is 0.645. The number of benzene rings is 2. The lowest BCUT2D eigenvalue weighted by atomic mass is 10.2. The van der Waals surface area contributed by atoms with E-state index in [2.05, 4.69) is 10.3 Å². The van der Waals surface area contributed by atoms with Gasteiger partial charge in [0.2, 0.25) is 0 Å². The first kappa shape index (κ1) is 16.8. The van der Waals surface area contributed by atoms with Crippen molar-refractivity contribution in [3.8, 4) is 5.75 Å². The highest BCUT2D eigenvalue weighted by atomic mass is 32.2. The number of nitrogens with one attached hydrogen (secondary N) is 1. The third kappa shape index (κ3) is 5.00. The van der Waals surface area contributed by atoms with Crippen LogP contribution in [-0.4, -0.2) is 27.7 Å². The largest absolute Gasteiger partial charge is 0.497 e. The van der Waals surface area contributed by atoms with E-state index in [-0.39, 0.29) is 10.9 Å². The number of ether oxygens (including phenoxy) is 1. The zero-order chi connectivity index (χ0) is 16.9. The van der Waals surface area contributed by atoms with Gasteiger partial charge in [0.1, 0.15) is 5.75 Å². The Bertz CT molecular complexity index is 782. The van der Waals surface area contributed by atoms with Gasteiger partial charge in [-0.25, -0.2) is 13.4 Å². The fraction of sp³-hybridized carbons (Fsp3) is 0.188. The summed E-state index contributed by atoms with van der Waals surface area (Å²) < 4.78 is 27.9. The summed E-state index contributed by atoms with van der Waals surface area (Å²) in [5.74, 6) is 1.04. The molecule has 0 aliphatic rings. The van der Waals surface area contributed by atoms with E-state index in [1.54, 1.807) is 31.4 Å². The first-order valence-electron chi connectivity index (χ1n) is 6.88. The van der Waals surface area contributed by atoms with E-state index >= 15 is 0 Å². The molecule has 0 spiro atoms. The number of nitrogens with zero attached hydrogens (tertiary/aromatic N) is 1. The van der Waals surface area contributed by atoms with Crippen LogP contribution in [0.25, 0.3) is 0 Å². The van der Waals surface area contributed by atoms with E-state index in [9.17, 15) is 8.42 Å². The second-order valence-electron chi connectivity index (χ2n) is 4.97. The molecule has 2 aromatic rings. The van der Waals surface area contributed by atoms with Crippen LogP contribution < -0.4 is 15.8 Å². The van der Waals surface area contributed by atoms with Crippen LogP contribution >= 0.6 is 0 Å². The van der Waals surface area contributed by atoms with Gasteiger partial charge < -0.3 is 15.8 Å². The molecule has 0 aliphatic heterocycles. The maximum atomic E-state index is 11.4. The summed E-state index contributed by atoms with van der Waals surface area (Å²) in [6.07, 6.45) is 1.18. The SMILES string of the molecule is COc1ccc(NC(N)=NCc2ccc(S(C)(=O)=O)cc2)cc1. The van der Waals surface area contributed by atoms with Crippen molar-refractivity contribution in [2.45, 2.75) is 11.4 Å². The second kappa shape index (κ2) is 7.15. The number of nitrogens with two attached hydrogens (primary N) is 1. The van der Waals surface area contributed by atoms with Gasteiger partial charge in [-0.15, -0.1) is 0 Å². The maximum Gasteiger partial charge on any atom is 0.193 e. The molecular weight excluding hydrogens is 314 g/mol. The molecule has 0 unspecified atom stereocenters. The fourth-order valence-corrected chi connectivity index (χ4v) is 2.51. The van der Waals surface area contributed by atoms with Gasteiger partial charge in [-0.3, -0.25) is 0 Å². The molecule has 0 aliphatic carbocycles. The van der Waals surface area contributed by atoms with E-state index in [0.29, 0.717) is 6.54 Å². The van der Waals surface area contributed by atoms with E-state index < -0.39 is 9.84 Å². The molecule has 0 saturated carbocycles. The minimum atomic E-state index is -3.18. The van der Waals surface area contributed by atoms with Gasteiger partial charge in [0.05, 0.1) is 18.6 Å². The second-order valence-corrected chi connectivity index (χ2v) is 6.99. The molecule has 0 amide bonds. The van der Waals surface area contributed by atoms with Crippen molar-refractivity contribution < 1.29 is 13.2 Å². The molecule has 23 heavy (non-hydrogen) atoms. The maximum absolute atomic E-state index is 11.4. The van der Waals surface area contributed by atoms with E-state index in [4.69, 9.17) is 10.5 Å². The molecule has 122 valence electrons. The number of guanidine groups is 1. The van der Waals surface area contributed by atoms with Gasteiger partial charge in [0, 0.05) is 11.9 Å². The van der Waals surface area contributed by atoms with Crippen molar-refractivity contribution in [1.82, 2.24) is 0 Å². The normalized spacial score (nSPS) is 12.0. The van der Waals surface area contributed by atoms with Gasteiger partial charge in [-0.05, 0) is 42.0 Å². The molecule has 3 N–H and O–H groups in total. The molecule has 0 atom stereocenters. The first-order valence-corrected chi connectivity index (χ1v) is 8.77. The van der Waals surface area contributed by atoms with Crippen LogP contribution in [0.5, 0.6) is 5.75 Å². The lowest BCUT2D eigenvalue weighted by Crippen LogP contribution is -2.22. The number of hydrogen-bond acceptors (Lipinski definition) is 4. The number of methoxy groups -OCH3 is 1. The highest BCUT2D eigenvalue weighted by Crippen LogP contribution is 2.15. The van der Waals surface area contributed by atoms with Crippen LogP contribution in [0.15, 0.2) is 58.4 Å². The minimum Gasteiger partial charge on any atom is -0.497 e.